The summed E-state index contributed by atoms with van der Waals surface area (Å²) in [4.78, 5) is 16.4. The fourth-order valence-electron chi connectivity index (χ4n) is 2.11. The minimum absolute atomic E-state index is 0.131. The summed E-state index contributed by atoms with van der Waals surface area (Å²) in [6, 6.07) is 15.2. The maximum Gasteiger partial charge on any atom is 0.251 e. The zero-order valence-electron chi connectivity index (χ0n) is 13.2. The molecule has 0 unspecified atom stereocenters. The number of pyridine rings is 1. The molecule has 0 saturated heterocycles. The highest BCUT2D eigenvalue weighted by Gasteiger charge is 2.07. The summed E-state index contributed by atoms with van der Waals surface area (Å²) in [5.74, 6) is 1.33. The predicted octanol–water partition coefficient (Wildman–Crippen LogP) is 3.60. The van der Waals surface area contributed by atoms with Gasteiger partial charge in [0.25, 0.3) is 5.91 Å². The minimum Gasteiger partial charge on any atom is -0.359 e. The molecule has 1 N–H and O–H groups in total. The number of thioether (sulfide) groups is 1. The van der Waals surface area contributed by atoms with Crippen LogP contribution in [0.4, 0.5) is 0 Å². The third-order valence-corrected chi connectivity index (χ3v) is 4.36. The van der Waals surface area contributed by atoms with Crippen molar-refractivity contribution in [1.29, 1.82) is 0 Å². The lowest BCUT2D eigenvalue weighted by atomic mass is 10.1. The van der Waals surface area contributed by atoms with Crippen LogP contribution < -0.4 is 5.32 Å². The fraction of sp³-hybridized carbons (Fsp3) is 0.167. The lowest BCUT2D eigenvalue weighted by Gasteiger charge is -2.05. The van der Waals surface area contributed by atoms with E-state index in [9.17, 15) is 4.79 Å². The Morgan fingerprint density at radius 2 is 2.04 bits per heavy atom. The molecule has 3 aromatic rings. The van der Waals surface area contributed by atoms with Crippen LogP contribution >= 0.6 is 11.8 Å². The average Bonchev–Trinajstić information content (AvgIpc) is 3.04. The van der Waals surface area contributed by atoms with E-state index in [1.165, 1.54) is 0 Å². The Morgan fingerprint density at radius 3 is 2.71 bits per heavy atom. The molecule has 0 aliphatic rings. The van der Waals surface area contributed by atoms with E-state index in [0.29, 0.717) is 17.9 Å². The molecular formula is C18H17N3O2S. The van der Waals surface area contributed by atoms with Gasteiger partial charge in [-0.15, -0.1) is 11.8 Å². The van der Waals surface area contributed by atoms with Gasteiger partial charge in [-0.05, 0) is 36.8 Å². The summed E-state index contributed by atoms with van der Waals surface area (Å²) in [6.45, 7) is 2.17. The number of aromatic nitrogens is 2. The summed E-state index contributed by atoms with van der Waals surface area (Å²) in [6.07, 6.45) is 1.78. The van der Waals surface area contributed by atoms with E-state index < -0.39 is 0 Å². The molecule has 1 aromatic carbocycles. The normalized spacial score (nSPS) is 10.5. The Kier molecular flexibility index (Phi) is 5.28. The summed E-state index contributed by atoms with van der Waals surface area (Å²) < 4.78 is 5.07. The number of hydrogen-bond donors (Lipinski definition) is 1. The predicted molar refractivity (Wildman–Crippen MR) is 92.7 cm³/mol. The SMILES string of the molecule is Cc1cc(CNC(=O)c2ccc(CSc3ccccn3)cc2)on1. The van der Waals surface area contributed by atoms with Gasteiger partial charge in [0.05, 0.1) is 17.3 Å². The second-order valence-electron chi connectivity index (χ2n) is 5.27. The Labute approximate surface area is 144 Å². The van der Waals surface area contributed by atoms with E-state index >= 15 is 0 Å². The molecule has 0 aliphatic heterocycles. The zero-order valence-corrected chi connectivity index (χ0v) is 14.0. The second kappa shape index (κ2) is 7.79. The van der Waals surface area contributed by atoms with Crippen LogP contribution in [0.15, 0.2) is 64.3 Å². The Hall–Kier alpha value is -2.60. The Balaban J connectivity index is 1.52. The quantitative estimate of drug-likeness (QED) is 0.695. The molecule has 122 valence electrons. The maximum atomic E-state index is 12.1. The lowest BCUT2D eigenvalue weighted by molar-refractivity contribution is 0.0947. The van der Waals surface area contributed by atoms with Gasteiger partial charge in [0.2, 0.25) is 0 Å². The van der Waals surface area contributed by atoms with Crippen molar-refractivity contribution in [2.45, 2.75) is 24.2 Å². The zero-order chi connectivity index (χ0) is 16.8. The van der Waals surface area contributed by atoms with E-state index in [1.807, 2.05) is 49.4 Å². The van der Waals surface area contributed by atoms with Crippen molar-refractivity contribution in [3.63, 3.8) is 0 Å². The summed E-state index contributed by atoms with van der Waals surface area (Å²) in [7, 11) is 0. The average molecular weight is 339 g/mol. The van der Waals surface area contributed by atoms with Crippen molar-refractivity contribution in [2.75, 3.05) is 0 Å². The first-order chi connectivity index (χ1) is 11.7. The van der Waals surface area contributed by atoms with Gasteiger partial charge in [-0.3, -0.25) is 4.79 Å². The first-order valence-corrected chi connectivity index (χ1v) is 8.52. The number of carbonyl (C=O) groups excluding carboxylic acids is 1. The van der Waals surface area contributed by atoms with Crippen LogP contribution in [0.2, 0.25) is 0 Å². The molecule has 2 aromatic heterocycles. The van der Waals surface area contributed by atoms with Gasteiger partial charge in [-0.25, -0.2) is 4.98 Å². The van der Waals surface area contributed by atoms with Gasteiger partial charge in [0, 0.05) is 23.6 Å². The van der Waals surface area contributed by atoms with Crippen molar-refractivity contribution in [2.24, 2.45) is 0 Å². The summed E-state index contributed by atoms with van der Waals surface area (Å²) >= 11 is 1.67. The van der Waals surface area contributed by atoms with Crippen LogP contribution in [0, 0.1) is 6.92 Å². The van der Waals surface area contributed by atoms with E-state index in [-0.39, 0.29) is 5.91 Å². The lowest BCUT2D eigenvalue weighted by Crippen LogP contribution is -2.22. The van der Waals surface area contributed by atoms with E-state index in [4.69, 9.17) is 4.52 Å². The molecule has 6 heteroatoms. The summed E-state index contributed by atoms with van der Waals surface area (Å²) in [5.41, 5.74) is 2.57. The third-order valence-electron chi connectivity index (χ3n) is 3.34. The molecule has 2 heterocycles. The number of benzene rings is 1. The second-order valence-corrected chi connectivity index (χ2v) is 6.27. The molecule has 0 fully saturated rings. The van der Waals surface area contributed by atoms with Crippen LogP contribution in [0.1, 0.15) is 27.4 Å². The number of rotatable bonds is 6. The van der Waals surface area contributed by atoms with Crippen LogP contribution in [0.25, 0.3) is 0 Å². The molecule has 0 radical (unpaired) electrons. The largest absolute Gasteiger partial charge is 0.359 e. The van der Waals surface area contributed by atoms with Crippen LogP contribution in [-0.4, -0.2) is 16.0 Å². The topological polar surface area (TPSA) is 68.0 Å². The highest BCUT2D eigenvalue weighted by Crippen LogP contribution is 2.20. The molecule has 24 heavy (non-hydrogen) atoms. The number of aryl methyl sites for hydroxylation is 1. The van der Waals surface area contributed by atoms with Crippen LogP contribution in [-0.2, 0) is 12.3 Å². The van der Waals surface area contributed by atoms with Gasteiger partial charge in [-0.2, -0.15) is 0 Å². The monoisotopic (exact) mass is 339 g/mol. The first-order valence-electron chi connectivity index (χ1n) is 7.54. The highest BCUT2D eigenvalue weighted by molar-refractivity contribution is 7.98. The van der Waals surface area contributed by atoms with Crippen molar-refractivity contribution < 1.29 is 9.32 Å². The van der Waals surface area contributed by atoms with Gasteiger partial charge < -0.3 is 9.84 Å². The molecule has 0 bridgehead atoms. The number of carbonyl (C=O) groups is 1. The smallest absolute Gasteiger partial charge is 0.251 e. The Morgan fingerprint density at radius 1 is 1.21 bits per heavy atom. The van der Waals surface area contributed by atoms with Crippen LogP contribution in [0.5, 0.6) is 0 Å². The molecule has 3 rings (SSSR count). The fourth-order valence-corrected chi connectivity index (χ4v) is 2.93. The van der Waals surface area contributed by atoms with Gasteiger partial charge in [-0.1, -0.05) is 23.4 Å². The number of nitrogens with one attached hydrogen (secondary N) is 1. The molecular weight excluding hydrogens is 322 g/mol. The van der Waals surface area contributed by atoms with Crippen molar-refractivity contribution >= 4 is 17.7 Å². The molecule has 0 saturated carbocycles. The molecule has 0 atom stereocenters. The third kappa shape index (κ3) is 4.45. The van der Waals surface area contributed by atoms with Crippen molar-refractivity contribution in [3.8, 4) is 0 Å². The van der Waals surface area contributed by atoms with Crippen molar-refractivity contribution in [1.82, 2.24) is 15.5 Å². The standard InChI is InChI=1S/C18H17N3O2S/c1-13-10-16(23-21-13)11-20-18(22)15-7-5-14(6-8-15)12-24-17-4-2-3-9-19-17/h2-10H,11-12H2,1H3,(H,20,22). The molecule has 1 amide bonds. The van der Waals surface area contributed by atoms with Crippen molar-refractivity contribution in [3.05, 3.63) is 77.3 Å². The van der Waals surface area contributed by atoms with E-state index in [1.54, 1.807) is 24.0 Å². The number of amides is 1. The summed E-state index contributed by atoms with van der Waals surface area (Å²) in [5, 5.41) is 7.60. The molecule has 0 spiro atoms. The van der Waals surface area contributed by atoms with Gasteiger partial charge in [0.1, 0.15) is 0 Å². The minimum atomic E-state index is -0.131. The number of hydrogen-bond acceptors (Lipinski definition) is 5. The first kappa shape index (κ1) is 16.3. The van der Waals surface area contributed by atoms with Gasteiger partial charge >= 0.3 is 0 Å². The maximum absolute atomic E-state index is 12.1. The molecule has 0 aliphatic carbocycles. The molecule has 5 nitrogen and oxygen atoms in total. The van der Waals surface area contributed by atoms with Gasteiger partial charge in [0.15, 0.2) is 5.76 Å². The highest BCUT2D eigenvalue weighted by atomic mass is 32.2. The van der Waals surface area contributed by atoms with Crippen LogP contribution in [0.3, 0.4) is 0 Å². The number of nitrogens with zero attached hydrogens (tertiary/aromatic N) is 2. The Bertz CT molecular complexity index is 801. The van der Waals surface area contributed by atoms with E-state index in [0.717, 1.165) is 22.0 Å². The van der Waals surface area contributed by atoms with E-state index in [2.05, 4.69) is 15.5 Å².